The molecule has 0 fully saturated rings. The molecule has 0 N–H and O–H groups in total. The number of rotatable bonds is 8. The van der Waals surface area contributed by atoms with Crippen molar-refractivity contribution in [2.45, 2.75) is 39.5 Å². The molecule has 122 valence electrons. The first-order chi connectivity index (χ1) is 10.5. The lowest BCUT2D eigenvalue weighted by Gasteiger charge is -2.10. The molecular formula is C16H20Br2O4. The van der Waals surface area contributed by atoms with Gasteiger partial charge in [-0.3, -0.25) is 9.59 Å². The van der Waals surface area contributed by atoms with Gasteiger partial charge < -0.3 is 9.47 Å². The summed E-state index contributed by atoms with van der Waals surface area (Å²) >= 11 is 7.00. The van der Waals surface area contributed by atoms with E-state index in [0.29, 0.717) is 38.9 Å². The molecule has 22 heavy (non-hydrogen) atoms. The third kappa shape index (κ3) is 6.48. The van der Waals surface area contributed by atoms with Crippen molar-refractivity contribution in [2.75, 3.05) is 13.2 Å². The molecule has 0 heterocycles. The highest BCUT2D eigenvalue weighted by atomic mass is 79.9. The second-order valence-corrected chi connectivity index (χ2v) is 6.35. The van der Waals surface area contributed by atoms with Crippen LogP contribution in [0.1, 0.15) is 37.8 Å². The van der Waals surface area contributed by atoms with Crippen LogP contribution < -0.4 is 0 Å². The number of benzene rings is 1. The summed E-state index contributed by atoms with van der Waals surface area (Å²) in [7, 11) is 0. The zero-order valence-corrected chi connectivity index (χ0v) is 16.0. The van der Waals surface area contributed by atoms with Crippen molar-refractivity contribution in [3.05, 3.63) is 32.2 Å². The molecule has 1 aromatic rings. The monoisotopic (exact) mass is 434 g/mol. The van der Waals surface area contributed by atoms with Gasteiger partial charge in [0.2, 0.25) is 0 Å². The van der Waals surface area contributed by atoms with Crippen molar-refractivity contribution in [1.82, 2.24) is 0 Å². The molecule has 4 nitrogen and oxygen atoms in total. The van der Waals surface area contributed by atoms with E-state index in [1.807, 2.05) is 12.1 Å². The van der Waals surface area contributed by atoms with Gasteiger partial charge in [-0.15, -0.1) is 0 Å². The minimum atomic E-state index is -0.203. The Balaban J connectivity index is 2.72. The van der Waals surface area contributed by atoms with Gasteiger partial charge in [0.15, 0.2) is 0 Å². The molecule has 0 bridgehead atoms. The van der Waals surface area contributed by atoms with Gasteiger partial charge in [-0.1, -0.05) is 37.9 Å². The average Bonchev–Trinajstić information content (AvgIpc) is 2.46. The topological polar surface area (TPSA) is 52.6 Å². The summed E-state index contributed by atoms with van der Waals surface area (Å²) in [6.45, 7) is 4.37. The molecule has 0 aliphatic rings. The molecular weight excluding hydrogens is 416 g/mol. The third-order valence-corrected chi connectivity index (χ3v) is 4.50. The van der Waals surface area contributed by atoms with Crippen LogP contribution in [0.25, 0.3) is 0 Å². The average molecular weight is 436 g/mol. The van der Waals surface area contributed by atoms with E-state index in [0.717, 1.165) is 20.1 Å². The van der Waals surface area contributed by atoms with Crippen molar-refractivity contribution >= 4 is 43.8 Å². The summed E-state index contributed by atoms with van der Waals surface area (Å²) in [4.78, 5) is 22.9. The van der Waals surface area contributed by atoms with Gasteiger partial charge >= 0.3 is 11.9 Å². The van der Waals surface area contributed by atoms with Gasteiger partial charge in [0.05, 0.1) is 13.2 Å². The van der Waals surface area contributed by atoms with Crippen molar-refractivity contribution < 1.29 is 19.1 Å². The van der Waals surface area contributed by atoms with E-state index < -0.39 is 0 Å². The number of hydrogen-bond acceptors (Lipinski definition) is 4. The van der Waals surface area contributed by atoms with Crippen LogP contribution in [0.15, 0.2) is 21.1 Å². The Labute approximate surface area is 147 Å². The Kier molecular flexibility index (Phi) is 8.71. The quantitative estimate of drug-likeness (QED) is 0.574. The number of carbonyl (C=O) groups is 2. The number of halogens is 2. The van der Waals surface area contributed by atoms with Gasteiger partial charge in [0, 0.05) is 21.8 Å². The first kappa shape index (κ1) is 19.2. The molecule has 0 atom stereocenters. The zero-order chi connectivity index (χ0) is 16.5. The number of aryl methyl sites for hydroxylation is 2. The number of hydrogen-bond donors (Lipinski definition) is 0. The van der Waals surface area contributed by atoms with E-state index in [-0.39, 0.29) is 11.9 Å². The van der Waals surface area contributed by atoms with E-state index in [4.69, 9.17) is 9.47 Å². The predicted octanol–water partition coefficient (Wildman–Crippen LogP) is 4.20. The highest BCUT2D eigenvalue weighted by Crippen LogP contribution is 2.28. The minimum Gasteiger partial charge on any atom is -0.466 e. The first-order valence-electron chi connectivity index (χ1n) is 7.25. The van der Waals surface area contributed by atoms with Crippen LogP contribution in [0.4, 0.5) is 0 Å². The Morgan fingerprint density at radius 2 is 1.27 bits per heavy atom. The number of esters is 2. The van der Waals surface area contributed by atoms with E-state index in [1.165, 1.54) is 0 Å². The molecule has 0 saturated carbocycles. The van der Waals surface area contributed by atoms with Gasteiger partial charge in [0.25, 0.3) is 0 Å². The summed E-state index contributed by atoms with van der Waals surface area (Å²) in [6, 6.07) is 3.95. The summed E-state index contributed by atoms with van der Waals surface area (Å²) in [5, 5.41) is 0. The van der Waals surface area contributed by atoms with Crippen molar-refractivity contribution in [3.8, 4) is 0 Å². The van der Waals surface area contributed by atoms with Crippen LogP contribution in [0.2, 0.25) is 0 Å². The maximum absolute atomic E-state index is 11.5. The largest absolute Gasteiger partial charge is 0.466 e. The second-order valence-electron chi connectivity index (χ2n) is 4.65. The summed E-state index contributed by atoms with van der Waals surface area (Å²) in [5.74, 6) is -0.407. The molecule has 0 aliphatic heterocycles. The molecule has 1 rings (SSSR count). The fourth-order valence-corrected chi connectivity index (χ4v) is 3.36. The van der Waals surface area contributed by atoms with Gasteiger partial charge in [-0.05, 0) is 43.9 Å². The van der Waals surface area contributed by atoms with Gasteiger partial charge in [-0.2, -0.15) is 0 Å². The third-order valence-electron chi connectivity index (χ3n) is 3.02. The van der Waals surface area contributed by atoms with Gasteiger partial charge in [0.1, 0.15) is 0 Å². The Bertz CT molecular complexity index is 486. The van der Waals surface area contributed by atoms with Gasteiger partial charge in [-0.25, -0.2) is 0 Å². The first-order valence-corrected chi connectivity index (χ1v) is 8.84. The van der Waals surface area contributed by atoms with Crippen LogP contribution in [0, 0.1) is 0 Å². The standard InChI is InChI=1S/C16H20Br2O4/c1-3-21-15(19)7-5-11-9-12(14(18)10-13(11)17)6-8-16(20)22-4-2/h9-10H,3-8H2,1-2H3. The zero-order valence-electron chi connectivity index (χ0n) is 12.8. The Morgan fingerprint density at radius 1 is 0.864 bits per heavy atom. The fraction of sp³-hybridized carbons (Fsp3) is 0.500. The smallest absolute Gasteiger partial charge is 0.306 e. The number of ether oxygens (including phenoxy) is 2. The fourth-order valence-electron chi connectivity index (χ4n) is 1.97. The normalized spacial score (nSPS) is 10.4. The highest BCUT2D eigenvalue weighted by Gasteiger charge is 2.11. The molecule has 6 heteroatoms. The predicted molar refractivity (Wildman–Crippen MR) is 91.8 cm³/mol. The van der Waals surface area contributed by atoms with Crippen molar-refractivity contribution in [1.29, 1.82) is 0 Å². The minimum absolute atomic E-state index is 0.203. The summed E-state index contributed by atoms with van der Waals surface area (Å²) < 4.78 is 11.7. The van der Waals surface area contributed by atoms with Crippen LogP contribution in [0.3, 0.4) is 0 Å². The molecule has 0 aromatic heterocycles. The highest BCUT2D eigenvalue weighted by molar-refractivity contribution is 9.11. The Hall–Kier alpha value is -0.880. The molecule has 0 saturated heterocycles. The second kappa shape index (κ2) is 10.0. The van der Waals surface area contributed by atoms with Crippen LogP contribution in [-0.2, 0) is 31.9 Å². The van der Waals surface area contributed by atoms with E-state index >= 15 is 0 Å². The lowest BCUT2D eigenvalue weighted by molar-refractivity contribution is -0.143. The molecule has 0 unspecified atom stereocenters. The SMILES string of the molecule is CCOC(=O)CCc1cc(CCC(=O)OCC)c(Br)cc1Br. The van der Waals surface area contributed by atoms with Crippen LogP contribution in [0.5, 0.6) is 0 Å². The summed E-state index contributed by atoms with van der Waals surface area (Å²) in [5.41, 5.74) is 2.05. The van der Waals surface area contributed by atoms with Crippen molar-refractivity contribution in [2.24, 2.45) is 0 Å². The molecule has 0 aliphatic carbocycles. The number of carbonyl (C=O) groups excluding carboxylic acids is 2. The van der Waals surface area contributed by atoms with E-state index in [2.05, 4.69) is 31.9 Å². The molecule has 0 amide bonds. The molecule has 1 aromatic carbocycles. The van der Waals surface area contributed by atoms with Crippen LogP contribution >= 0.6 is 31.9 Å². The lowest BCUT2D eigenvalue weighted by Crippen LogP contribution is -2.07. The van der Waals surface area contributed by atoms with Crippen LogP contribution in [-0.4, -0.2) is 25.2 Å². The van der Waals surface area contributed by atoms with Crippen molar-refractivity contribution in [3.63, 3.8) is 0 Å². The molecule has 0 spiro atoms. The molecule has 0 radical (unpaired) electrons. The maximum atomic E-state index is 11.5. The summed E-state index contributed by atoms with van der Waals surface area (Å²) in [6.07, 6.45) is 1.87. The Morgan fingerprint density at radius 3 is 1.64 bits per heavy atom. The van der Waals surface area contributed by atoms with E-state index in [1.54, 1.807) is 13.8 Å². The van der Waals surface area contributed by atoms with E-state index in [9.17, 15) is 9.59 Å². The maximum Gasteiger partial charge on any atom is 0.306 e. The lowest BCUT2D eigenvalue weighted by atomic mass is 10.0.